The summed E-state index contributed by atoms with van der Waals surface area (Å²) in [4.78, 5) is 0. The Kier molecular flexibility index (Phi) is 11.1. The molecule has 1 nitrogen and oxygen atoms in total. The molecular weight excluding hydrogens is 290 g/mol. The van der Waals surface area contributed by atoms with Crippen LogP contribution < -0.4 is 0 Å². The van der Waals surface area contributed by atoms with Gasteiger partial charge in [-0.15, -0.1) is 0 Å². The predicted octanol–water partition coefficient (Wildman–Crippen LogP) is 6.82. The Morgan fingerprint density at radius 2 is 1.33 bits per heavy atom. The first-order valence-corrected chi connectivity index (χ1v) is 10.4. The summed E-state index contributed by atoms with van der Waals surface area (Å²) in [6.07, 6.45) is 14.3. The predicted molar refractivity (Wildman–Crippen MR) is 108 cm³/mol. The highest BCUT2D eigenvalue weighted by molar-refractivity contribution is 5.13. The zero-order chi connectivity index (χ0) is 17.7. The van der Waals surface area contributed by atoms with Gasteiger partial charge in [-0.25, -0.2) is 0 Å². The van der Waals surface area contributed by atoms with E-state index >= 15 is 0 Å². The first-order chi connectivity index (χ1) is 11.5. The molecule has 0 aliphatic heterocycles. The average molecular weight is 333 g/mol. The van der Waals surface area contributed by atoms with Crippen LogP contribution in [-0.4, -0.2) is 25.1 Å². The summed E-state index contributed by atoms with van der Waals surface area (Å²) in [5.41, 5.74) is 1.46. The molecule has 1 rings (SSSR count). The van der Waals surface area contributed by atoms with Crippen LogP contribution in [-0.2, 0) is 6.54 Å². The fourth-order valence-corrected chi connectivity index (χ4v) is 3.88. The van der Waals surface area contributed by atoms with Crippen molar-refractivity contribution in [1.29, 1.82) is 0 Å². The van der Waals surface area contributed by atoms with Crippen LogP contribution in [0.5, 0.6) is 0 Å². The molecule has 0 bridgehead atoms. The SMILES string of the molecule is CCCCCCCCCCCC(C)C[N+](C)(C)Cc1ccccc1. The zero-order valence-electron chi connectivity index (χ0n) is 16.9. The van der Waals surface area contributed by atoms with Gasteiger partial charge in [0.05, 0.1) is 20.6 Å². The molecule has 0 amide bonds. The largest absolute Gasteiger partial charge is 0.325 e. The van der Waals surface area contributed by atoms with Gasteiger partial charge in [-0.1, -0.05) is 102 Å². The second-order valence-corrected chi connectivity index (χ2v) is 8.48. The van der Waals surface area contributed by atoms with E-state index in [0.717, 1.165) is 16.9 Å². The molecule has 0 saturated carbocycles. The molecule has 1 unspecified atom stereocenters. The molecule has 0 aromatic heterocycles. The smallest absolute Gasteiger partial charge is 0.104 e. The van der Waals surface area contributed by atoms with Crippen molar-refractivity contribution in [1.82, 2.24) is 0 Å². The van der Waals surface area contributed by atoms with Gasteiger partial charge in [-0.2, -0.15) is 0 Å². The minimum Gasteiger partial charge on any atom is -0.325 e. The number of unbranched alkanes of at least 4 members (excludes halogenated alkanes) is 8. The standard InChI is InChI=1S/C23H42N/c1-5-6-7-8-9-10-11-12-14-17-22(2)20-24(3,4)21-23-18-15-13-16-19-23/h13,15-16,18-19,22H,5-12,14,17,20-21H2,1-4H3/q+1. The number of quaternary nitrogens is 1. The molecule has 1 heteroatoms. The molecule has 0 spiro atoms. The topological polar surface area (TPSA) is 0 Å². The zero-order valence-corrected chi connectivity index (χ0v) is 16.9. The van der Waals surface area contributed by atoms with Crippen LogP contribution in [0.25, 0.3) is 0 Å². The summed E-state index contributed by atoms with van der Waals surface area (Å²) in [7, 11) is 4.75. The molecule has 0 radical (unpaired) electrons. The summed E-state index contributed by atoms with van der Waals surface area (Å²) in [5.74, 6) is 0.827. The lowest BCUT2D eigenvalue weighted by molar-refractivity contribution is -0.906. The summed E-state index contributed by atoms with van der Waals surface area (Å²) in [5, 5.41) is 0. The lowest BCUT2D eigenvalue weighted by Crippen LogP contribution is -2.42. The fourth-order valence-electron chi connectivity index (χ4n) is 3.88. The third-order valence-corrected chi connectivity index (χ3v) is 5.06. The van der Waals surface area contributed by atoms with Crippen molar-refractivity contribution < 1.29 is 4.48 Å². The summed E-state index contributed by atoms with van der Waals surface area (Å²) in [6, 6.07) is 10.9. The number of hydrogen-bond donors (Lipinski definition) is 0. The molecule has 1 aromatic rings. The molecule has 138 valence electrons. The quantitative estimate of drug-likeness (QED) is 0.259. The van der Waals surface area contributed by atoms with Crippen molar-refractivity contribution in [3.8, 4) is 0 Å². The van der Waals surface area contributed by atoms with Crippen LogP contribution in [0, 0.1) is 5.92 Å². The maximum Gasteiger partial charge on any atom is 0.104 e. The van der Waals surface area contributed by atoms with Gasteiger partial charge in [-0.05, 0) is 6.42 Å². The lowest BCUT2D eigenvalue weighted by Gasteiger charge is -2.32. The highest BCUT2D eigenvalue weighted by Gasteiger charge is 2.19. The van der Waals surface area contributed by atoms with E-state index in [0.29, 0.717) is 0 Å². The van der Waals surface area contributed by atoms with Crippen LogP contribution in [0.1, 0.15) is 83.6 Å². The van der Waals surface area contributed by atoms with Gasteiger partial charge in [-0.3, -0.25) is 0 Å². The van der Waals surface area contributed by atoms with E-state index in [4.69, 9.17) is 0 Å². The van der Waals surface area contributed by atoms with Gasteiger partial charge in [0.25, 0.3) is 0 Å². The Hall–Kier alpha value is -0.820. The van der Waals surface area contributed by atoms with Crippen molar-refractivity contribution in [2.75, 3.05) is 20.6 Å². The molecule has 0 heterocycles. The van der Waals surface area contributed by atoms with Crippen LogP contribution in [0.15, 0.2) is 30.3 Å². The van der Waals surface area contributed by atoms with Crippen molar-refractivity contribution in [2.24, 2.45) is 5.92 Å². The molecule has 0 aliphatic carbocycles. The molecular formula is C23H42N+. The minimum atomic E-state index is 0.827. The minimum absolute atomic E-state index is 0.827. The number of benzene rings is 1. The molecule has 0 saturated heterocycles. The van der Waals surface area contributed by atoms with Crippen molar-refractivity contribution in [3.05, 3.63) is 35.9 Å². The van der Waals surface area contributed by atoms with Gasteiger partial charge in [0.2, 0.25) is 0 Å². The summed E-state index contributed by atoms with van der Waals surface area (Å²) in [6.45, 7) is 7.16. The van der Waals surface area contributed by atoms with Crippen LogP contribution in [0.4, 0.5) is 0 Å². The van der Waals surface area contributed by atoms with Gasteiger partial charge >= 0.3 is 0 Å². The highest BCUT2D eigenvalue weighted by atomic mass is 15.3. The van der Waals surface area contributed by atoms with Gasteiger partial charge < -0.3 is 4.48 Å². The molecule has 0 fully saturated rings. The van der Waals surface area contributed by atoms with Crippen molar-refractivity contribution in [3.63, 3.8) is 0 Å². The van der Waals surface area contributed by atoms with E-state index in [2.05, 4.69) is 58.3 Å². The maximum absolute atomic E-state index is 2.44. The third kappa shape index (κ3) is 10.9. The van der Waals surface area contributed by atoms with Crippen LogP contribution in [0.2, 0.25) is 0 Å². The van der Waals surface area contributed by atoms with E-state index in [-0.39, 0.29) is 0 Å². The molecule has 24 heavy (non-hydrogen) atoms. The maximum atomic E-state index is 2.44. The Labute approximate surface area is 152 Å². The third-order valence-electron chi connectivity index (χ3n) is 5.06. The average Bonchev–Trinajstić information content (AvgIpc) is 2.53. The van der Waals surface area contributed by atoms with Crippen LogP contribution >= 0.6 is 0 Å². The van der Waals surface area contributed by atoms with E-state index in [1.54, 1.807) is 0 Å². The Bertz CT molecular complexity index is 396. The molecule has 0 N–H and O–H groups in total. The lowest BCUT2D eigenvalue weighted by atomic mass is 10.00. The number of nitrogens with zero attached hydrogens (tertiary/aromatic N) is 1. The summed E-state index contributed by atoms with van der Waals surface area (Å²) >= 11 is 0. The molecule has 1 aromatic carbocycles. The second-order valence-electron chi connectivity index (χ2n) is 8.48. The van der Waals surface area contributed by atoms with Crippen molar-refractivity contribution in [2.45, 2.75) is 84.6 Å². The van der Waals surface area contributed by atoms with E-state index < -0.39 is 0 Å². The first kappa shape index (κ1) is 21.2. The molecule has 1 atom stereocenters. The number of rotatable bonds is 14. The monoisotopic (exact) mass is 332 g/mol. The van der Waals surface area contributed by atoms with E-state index in [1.165, 1.54) is 76.3 Å². The first-order valence-electron chi connectivity index (χ1n) is 10.4. The Morgan fingerprint density at radius 3 is 1.92 bits per heavy atom. The second kappa shape index (κ2) is 12.5. The molecule has 0 aliphatic rings. The van der Waals surface area contributed by atoms with Crippen molar-refractivity contribution >= 4 is 0 Å². The normalized spacial score (nSPS) is 13.2. The Morgan fingerprint density at radius 1 is 0.792 bits per heavy atom. The van der Waals surface area contributed by atoms with E-state index in [9.17, 15) is 0 Å². The Balaban J connectivity index is 2.07. The van der Waals surface area contributed by atoms with E-state index in [1.807, 2.05) is 0 Å². The fraction of sp³-hybridized carbons (Fsp3) is 0.739. The van der Waals surface area contributed by atoms with Crippen LogP contribution in [0.3, 0.4) is 0 Å². The highest BCUT2D eigenvalue weighted by Crippen LogP contribution is 2.18. The van der Waals surface area contributed by atoms with Gasteiger partial charge in [0.15, 0.2) is 0 Å². The van der Waals surface area contributed by atoms with Gasteiger partial charge in [0.1, 0.15) is 6.54 Å². The number of hydrogen-bond acceptors (Lipinski definition) is 0. The van der Waals surface area contributed by atoms with Gasteiger partial charge in [0, 0.05) is 11.5 Å². The summed E-state index contributed by atoms with van der Waals surface area (Å²) < 4.78 is 1.10.